The highest BCUT2D eigenvalue weighted by molar-refractivity contribution is 9.10. The van der Waals surface area contributed by atoms with Crippen molar-refractivity contribution in [3.63, 3.8) is 0 Å². The Bertz CT molecular complexity index is 589. The number of urea groups is 1. The Labute approximate surface area is 118 Å². The molecule has 1 aromatic carbocycles. The standard InChI is InChI=1S/C13H13BrN2O3/c1-6(17)10-11-8-5-7(14)3-4-9(8)19-13(10,2)16-12(18)15-11/h3-5,10-11H,1-2H3,(H2,15,16,18)/t10-,11-,13-/m0/s1. The van der Waals surface area contributed by atoms with Crippen LogP contribution >= 0.6 is 15.9 Å². The normalized spacial score (nSPS) is 31.6. The number of benzene rings is 1. The first-order chi connectivity index (χ1) is 8.90. The van der Waals surface area contributed by atoms with Crippen LogP contribution in [0, 0.1) is 5.92 Å². The van der Waals surface area contributed by atoms with Crippen molar-refractivity contribution in [1.29, 1.82) is 0 Å². The van der Waals surface area contributed by atoms with Crippen LogP contribution in [0.15, 0.2) is 22.7 Å². The molecule has 2 heterocycles. The minimum absolute atomic E-state index is 0.0226. The van der Waals surface area contributed by atoms with Gasteiger partial charge in [0.1, 0.15) is 17.5 Å². The zero-order chi connectivity index (χ0) is 13.8. The lowest BCUT2D eigenvalue weighted by atomic mass is 9.78. The van der Waals surface area contributed by atoms with E-state index in [1.54, 1.807) is 6.92 Å². The number of hydrogen-bond donors (Lipinski definition) is 2. The molecule has 1 fully saturated rings. The molecule has 0 saturated carbocycles. The van der Waals surface area contributed by atoms with Gasteiger partial charge in [-0.2, -0.15) is 0 Å². The summed E-state index contributed by atoms with van der Waals surface area (Å²) >= 11 is 3.40. The second-order valence-corrected chi connectivity index (χ2v) is 5.97. The van der Waals surface area contributed by atoms with Gasteiger partial charge in [0, 0.05) is 10.0 Å². The highest BCUT2D eigenvalue weighted by Gasteiger charge is 2.54. The van der Waals surface area contributed by atoms with Gasteiger partial charge in [0.2, 0.25) is 0 Å². The van der Waals surface area contributed by atoms with Crippen LogP contribution in [0.25, 0.3) is 0 Å². The van der Waals surface area contributed by atoms with Crippen molar-refractivity contribution in [1.82, 2.24) is 10.6 Å². The Morgan fingerprint density at radius 2 is 2.21 bits per heavy atom. The largest absolute Gasteiger partial charge is 0.467 e. The number of carbonyl (C=O) groups is 2. The van der Waals surface area contributed by atoms with E-state index in [0.29, 0.717) is 5.75 Å². The fourth-order valence-corrected chi connectivity index (χ4v) is 3.31. The summed E-state index contributed by atoms with van der Waals surface area (Å²) in [6, 6.07) is 4.89. The van der Waals surface area contributed by atoms with Crippen molar-refractivity contribution in [2.45, 2.75) is 25.6 Å². The van der Waals surface area contributed by atoms with Gasteiger partial charge in [0.05, 0.1) is 6.04 Å². The van der Waals surface area contributed by atoms with Crippen LogP contribution < -0.4 is 15.4 Å². The van der Waals surface area contributed by atoms with E-state index in [2.05, 4.69) is 26.6 Å². The maximum Gasteiger partial charge on any atom is 0.318 e. The Hall–Kier alpha value is -1.56. The van der Waals surface area contributed by atoms with Crippen molar-refractivity contribution in [3.05, 3.63) is 28.2 Å². The van der Waals surface area contributed by atoms with E-state index < -0.39 is 11.6 Å². The molecule has 19 heavy (non-hydrogen) atoms. The van der Waals surface area contributed by atoms with Crippen LogP contribution in [0.1, 0.15) is 25.5 Å². The number of halogens is 1. The summed E-state index contributed by atoms with van der Waals surface area (Å²) in [6.45, 7) is 3.25. The third kappa shape index (κ3) is 1.82. The lowest BCUT2D eigenvalue weighted by molar-refractivity contribution is -0.134. The molecule has 100 valence electrons. The van der Waals surface area contributed by atoms with E-state index >= 15 is 0 Å². The van der Waals surface area contributed by atoms with Gasteiger partial charge < -0.3 is 10.1 Å². The molecule has 2 amide bonds. The van der Waals surface area contributed by atoms with E-state index in [-0.39, 0.29) is 17.9 Å². The Morgan fingerprint density at radius 1 is 1.47 bits per heavy atom. The molecule has 6 heteroatoms. The van der Waals surface area contributed by atoms with Crippen molar-refractivity contribution in [2.24, 2.45) is 5.92 Å². The van der Waals surface area contributed by atoms with E-state index in [9.17, 15) is 9.59 Å². The molecule has 3 atom stereocenters. The molecule has 3 rings (SSSR count). The number of ether oxygens (including phenoxy) is 1. The molecule has 2 aliphatic rings. The number of Topliss-reactive ketones (excluding diaryl/α,β-unsaturated/α-hetero) is 1. The lowest BCUT2D eigenvalue weighted by Gasteiger charge is -2.49. The smallest absolute Gasteiger partial charge is 0.318 e. The lowest BCUT2D eigenvalue weighted by Crippen LogP contribution is -2.69. The fourth-order valence-electron chi connectivity index (χ4n) is 2.93. The van der Waals surface area contributed by atoms with Gasteiger partial charge in [-0.25, -0.2) is 4.79 Å². The van der Waals surface area contributed by atoms with Crippen LogP contribution in [0.5, 0.6) is 5.75 Å². The Morgan fingerprint density at radius 3 is 2.89 bits per heavy atom. The maximum atomic E-state index is 11.9. The van der Waals surface area contributed by atoms with E-state index in [4.69, 9.17) is 4.74 Å². The summed E-state index contributed by atoms with van der Waals surface area (Å²) in [7, 11) is 0. The maximum absolute atomic E-state index is 11.9. The van der Waals surface area contributed by atoms with Crippen molar-refractivity contribution < 1.29 is 14.3 Å². The summed E-state index contributed by atoms with van der Waals surface area (Å²) < 4.78 is 6.76. The fraction of sp³-hybridized carbons (Fsp3) is 0.385. The molecule has 5 nitrogen and oxygen atoms in total. The summed E-state index contributed by atoms with van der Waals surface area (Å²) in [5, 5.41) is 5.52. The van der Waals surface area contributed by atoms with Crippen LogP contribution in [-0.4, -0.2) is 17.5 Å². The van der Waals surface area contributed by atoms with Crippen molar-refractivity contribution in [2.75, 3.05) is 0 Å². The first kappa shape index (κ1) is 12.5. The number of amides is 2. The molecule has 2 bridgehead atoms. The summed E-state index contributed by atoms with van der Waals surface area (Å²) in [5.74, 6) is 0.207. The van der Waals surface area contributed by atoms with Gasteiger partial charge in [-0.05, 0) is 32.0 Å². The molecule has 1 aromatic rings. The topological polar surface area (TPSA) is 67.4 Å². The number of nitrogens with one attached hydrogen (secondary N) is 2. The molecule has 0 unspecified atom stereocenters. The number of rotatable bonds is 1. The third-order valence-electron chi connectivity index (χ3n) is 3.64. The van der Waals surface area contributed by atoms with Crippen LogP contribution in [0.4, 0.5) is 4.79 Å². The second-order valence-electron chi connectivity index (χ2n) is 5.06. The van der Waals surface area contributed by atoms with Crippen LogP contribution in [-0.2, 0) is 4.79 Å². The predicted molar refractivity (Wildman–Crippen MR) is 71.8 cm³/mol. The first-order valence-corrected chi connectivity index (χ1v) is 6.77. The van der Waals surface area contributed by atoms with Gasteiger partial charge in [0.15, 0.2) is 5.72 Å². The van der Waals surface area contributed by atoms with E-state index in [1.165, 1.54) is 6.92 Å². The highest BCUT2D eigenvalue weighted by Crippen LogP contribution is 2.45. The summed E-state index contributed by atoms with van der Waals surface area (Å²) in [6.07, 6.45) is 0. The summed E-state index contributed by atoms with van der Waals surface area (Å²) in [4.78, 5) is 23.7. The van der Waals surface area contributed by atoms with E-state index in [1.807, 2.05) is 18.2 Å². The summed E-state index contributed by atoms with van der Waals surface area (Å²) in [5.41, 5.74) is -0.179. The SMILES string of the molecule is CC(=O)[C@H]1[C@H]2NC(=O)N[C@@]1(C)Oc1ccc(Br)cc12. The second kappa shape index (κ2) is 3.96. The average molecular weight is 325 g/mol. The van der Waals surface area contributed by atoms with Gasteiger partial charge in [-0.15, -0.1) is 0 Å². The number of carbonyl (C=O) groups excluding carboxylic acids is 2. The Kier molecular flexibility index (Phi) is 2.60. The predicted octanol–water partition coefficient (Wildman–Crippen LogP) is 2.12. The average Bonchev–Trinajstić information content (AvgIpc) is 2.28. The quantitative estimate of drug-likeness (QED) is 0.831. The number of fused-ring (bicyclic) bond motifs is 4. The molecular formula is C13H13BrN2O3. The first-order valence-electron chi connectivity index (χ1n) is 5.98. The molecular weight excluding hydrogens is 312 g/mol. The van der Waals surface area contributed by atoms with E-state index in [0.717, 1.165) is 10.0 Å². The molecule has 0 radical (unpaired) electrons. The zero-order valence-electron chi connectivity index (χ0n) is 10.5. The molecule has 2 aliphatic heterocycles. The van der Waals surface area contributed by atoms with Crippen molar-refractivity contribution >= 4 is 27.7 Å². The van der Waals surface area contributed by atoms with Gasteiger partial charge >= 0.3 is 6.03 Å². The molecule has 1 saturated heterocycles. The molecule has 0 aliphatic carbocycles. The van der Waals surface area contributed by atoms with Crippen molar-refractivity contribution in [3.8, 4) is 5.75 Å². The number of hydrogen-bond acceptors (Lipinski definition) is 3. The minimum Gasteiger partial charge on any atom is -0.467 e. The third-order valence-corrected chi connectivity index (χ3v) is 4.14. The van der Waals surface area contributed by atoms with Crippen LogP contribution in [0.2, 0.25) is 0 Å². The van der Waals surface area contributed by atoms with Gasteiger partial charge in [-0.1, -0.05) is 15.9 Å². The molecule has 0 aromatic heterocycles. The zero-order valence-corrected chi connectivity index (χ0v) is 12.1. The van der Waals surface area contributed by atoms with Gasteiger partial charge in [-0.3, -0.25) is 10.1 Å². The molecule has 2 N–H and O–H groups in total. The highest BCUT2D eigenvalue weighted by atomic mass is 79.9. The minimum atomic E-state index is -1.00. The Balaban J connectivity index is 2.18. The van der Waals surface area contributed by atoms with Gasteiger partial charge in [0.25, 0.3) is 0 Å². The van der Waals surface area contributed by atoms with Crippen LogP contribution in [0.3, 0.4) is 0 Å². The monoisotopic (exact) mass is 324 g/mol. The number of ketones is 1. The molecule has 0 spiro atoms.